The number of hydrogen-bond acceptors (Lipinski definition) is 4. The summed E-state index contributed by atoms with van der Waals surface area (Å²) in [5.41, 5.74) is 3.57. The number of rotatable bonds is 7. The fourth-order valence-electron chi connectivity index (χ4n) is 4.46. The van der Waals surface area contributed by atoms with Crippen LogP contribution >= 0.6 is 0 Å². The Morgan fingerprint density at radius 3 is 2.29 bits per heavy atom. The normalized spacial score (nSPS) is 14.4. The first-order valence-corrected chi connectivity index (χ1v) is 12.3. The number of fused-ring (bicyclic) bond motifs is 1. The number of nitrogens with zero attached hydrogens (tertiary/aromatic N) is 5. The largest absolute Gasteiger partial charge is 0.339 e. The molecule has 1 aromatic carbocycles. The maximum atomic E-state index is 13.5. The van der Waals surface area contributed by atoms with Gasteiger partial charge in [-0.25, -0.2) is 9.67 Å². The third-order valence-electron chi connectivity index (χ3n) is 6.52. The molecule has 0 saturated carbocycles. The zero-order valence-corrected chi connectivity index (χ0v) is 20.7. The van der Waals surface area contributed by atoms with Crippen LogP contribution in [0, 0.1) is 0 Å². The van der Waals surface area contributed by atoms with E-state index in [4.69, 9.17) is 4.98 Å². The highest BCUT2D eigenvalue weighted by atomic mass is 16.2. The highest BCUT2D eigenvalue weighted by molar-refractivity contribution is 6.05. The first-order valence-electron chi connectivity index (χ1n) is 12.3. The van der Waals surface area contributed by atoms with Crippen molar-refractivity contribution in [2.24, 2.45) is 0 Å². The van der Waals surface area contributed by atoms with Gasteiger partial charge in [0.1, 0.15) is 0 Å². The molecule has 2 aromatic heterocycles. The number of hydrogen-bond donors (Lipinski definition) is 0. The molecule has 4 rings (SSSR count). The zero-order valence-electron chi connectivity index (χ0n) is 20.7. The molecule has 0 atom stereocenters. The molecule has 0 aliphatic carbocycles. The second-order valence-corrected chi connectivity index (χ2v) is 9.68. The number of carbonyl (C=O) groups is 2. The van der Waals surface area contributed by atoms with Gasteiger partial charge in [0.25, 0.3) is 5.91 Å². The Hall–Kier alpha value is -3.22. The lowest BCUT2D eigenvalue weighted by molar-refractivity contribution is -0.132. The highest BCUT2D eigenvalue weighted by Gasteiger charge is 2.27. The summed E-state index contributed by atoms with van der Waals surface area (Å²) in [6.45, 7) is 10.5. The molecule has 1 aliphatic rings. The number of pyridine rings is 1. The minimum absolute atomic E-state index is 0.00576. The molecule has 7 nitrogen and oxygen atoms in total. The number of carbonyl (C=O) groups excluding carboxylic acids is 2. The molecule has 3 aromatic rings. The molecule has 7 heteroatoms. The predicted molar refractivity (Wildman–Crippen MR) is 134 cm³/mol. The van der Waals surface area contributed by atoms with E-state index in [1.165, 1.54) is 5.56 Å². The van der Waals surface area contributed by atoms with Crippen molar-refractivity contribution in [2.75, 3.05) is 26.2 Å². The number of aryl methyl sites for hydroxylation is 1. The maximum Gasteiger partial charge on any atom is 0.254 e. The summed E-state index contributed by atoms with van der Waals surface area (Å²) >= 11 is 0. The van der Waals surface area contributed by atoms with E-state index in [1.807, 2.05) is 38.7 Å². The molecule has 180 valence electrons. The Bertz CT molecular complexity index is 1140. The Balaban J connectivity index is 1.41. The summed E-state index contributed by atoms with van der Waals surface area (Å²) in [4.78, 5) is 34.8. The summed E-state index contributed by atoms with van der Waals surface area (Å²) in [6, 6.07) is 12.3. The molecular weight excluding hydrogens is 426 g/mol. The fraction of sp³-hybridized carbons (Fsp3) is 0.481. The summed E-state index contributed by atoms with van der Waals surface area (Å²) in [6.07, 6.45) is 4.05. The lowest BCUT2D eigenvalue weighted by Crippen LogP contribution is -2.50. The van der Waals surface area contributed by atoms with E-state index in [9.17, 15) is 9.59 Å². The van der Waals surface area contributed by atoms with Crippen molar-refractivity contribution in [2.45, 2.75) is 58.9 Å². The number of aromatic nitrogens is 3. The standard InChI is InChI=1S/C27H35N5O2/c1-19(2)24-17-22(23-18-28-32(20(3)4)26(23)29-24)27(34)31-15-13-30(14-16-31)25(33)12-8-11-21-9-6-5-7-10-21/h5-7,9-10,17-20H,8,11-16H2,1-4H3. The van der Waals surface area contributed by atoms with Crippen LogP contribution in [-0.4, -0.2) is 62.6 Å². The van der Waals surface area contributed by atoms with E-state index >= 15 is 0 Å². The molecule has 0 N–H and O–H groups in total. The second kappa shape index (κ2) is 10.4. The van der Waals surface area contributed by atoms with Crippen LogP contribution in [0.1, 0.15) is 74.1 Å². The van der Waals surface area contributed by atoms with Gasteiger partial charge in [-0.2, -0.15) is 5.10 Å². The summed E-state index contributed by atoms with van der Waals surface area (Å²) in [5.74, 6) is 0.375. The van der Waals surface area contributed by atoms with Crippen LogP contribution in [0.25, 0.3) is 11.0 Å². The Morgan fingerprint density at radius 1 is 0.971 bits per heavy atom. The molecule has 1 aliphatic heterocycles. The molecule has 34 heavy (non-hydrogen) atoms. The van der Waals surface area contributed by atoms with Crippen molar-refractivity contribution < 1.29 is 9.59 Å². The van der Waals surface area contributed by atoms with Gasteiger partial charge >= 0.3 is 0 Å². The SMILES string of the molecule is CC(C)c1cc(C(=O)N2CCN(C(=O)CCCc3ccccc3)CC2)c2cnn(C(C)C)c2n1. The van der Waals surface area contributed by atoms with Gasteiger partial charge < -0.3 is 9.80 Å². The lowest BCUT2D eigenvalue weighted by Gasteiger charge is -2.35. The van der Waals surface area contributed by atoms with Crippen molar-refractivity contribution in [1.29, 1.82) is 0 Å². The van der Waals surface area contributed by atoms with Crippen molar-refractivity contribution in [1.82, 2.24) is 24.6 Å². The van der Waals surface area contributed by atoms with Gasteiger partial charge in [-0.05, 0) is 44.2 Å². The average molecular weight is 462 g/mol. The Labute approximate surface area is 201 Å². The molecule has 0 unspecified atom stereocenters. The minimum Gasteiger partial charge on any atom is -0.339 e. The highest BCUT2D eigenvalue weighted by Crippen LogP contribution is 2.26. The summed E-state index contributed by atoms with van der Waals surface area (Å²) in [7, 11) is 0. The molecule has 1 saturated heterocycles. The topological polar surface area (TPSA) is 71.3 Å². The third kappa shape index (κ3) is 5.13. The van der Waals surface area contributed by atoms with Crippen molar-refractivity contribution >= 4 is 22.8 Å². The van der Waals surface area contributed by atoms with Crippen LogP contribution in [0.2, 0.25) is 0 Å². The van der Waals surface area contributed by atoms with Crippen LogP contribution in [0.15, 0.2) is 42.6 Å². The van der Waals surface area contributed by atoms with E-state index < -0.39 is 0 Å². The van der Waals surface area contributed by atoms with Crippen LogP contribution in [-0.2, 0) is 11.2 Å². The van der Waals surface area contributed by atoms with Crippen LogP contribution in [0.3, 0.4) is 0 Å². The van der Waals surface area contributed by atoms with Crippen LogP contribution in [0.4, 0.5) is 0 Å². The van der Waals surface area contributed by atoms with Gasteiger partial charge in [-0.1, -0.05) is 44.2 Å². The van der Waals surface area contributed by atoms with Crippen LogP contribution < -0.4 is 0 Å². The molecule has 3 heterocycles. The Kier molecular flexibility index (Phi) is 7.29. The quantitative estimate of drug-likeness (QED) is 0.521. The summed E-state index contributed by atoms with van der Waals surface area (Å²) in [5, 5.41) is 5.29. The third-order valence-corrected chi connectivity index (χ3v) is 6.52. The minimum atomic E-state index is -0.00576. The van der Waals surface area contributed by atoms with Gasteiger partial charge in [-0.15, -0.1) is 0 Å². The molecule has 0 bridgehead atoms. The fourth-order valence-corrected chi connectivity index (χ4v) is 4.46. The van der Waals surface area contributed by atoms with Gasteiger partial charge in [0.2, 0.25) is 5.91 Å². The molecule has 0 radical (unpaired) electrons. The maximum absolute atomic E-state index is 13.5. The van der Waals surface area contributed by atoms with Crippen molar-refractivity contribution in [3.63, 3.8) is 0 Å². The van der Waals surface area contributed by atoms with Crippen LogP contribution in [0.5, 0.6) is 0 Å². The Morgan fingerprint density at radius 2 is 1.65 bits per heavy atom. The second-order valence-electron chi connectivity index (χ2n) is 9.68. The van der Waals surface area contributed by atoms with Crippen molar-refractivity contribution in [3.8, 4) is 0 Å². The smallest absolute Gasteiger partial charge is 0.254 e. The average Bonchev–Trinajstić information content (AvgIpc) is 3.28. The first kappa shape index (κ1) is 23.9. The van der Waals surface area contributed by atoms with E-state index in [2.05, 4.69) is 44.9 Å². The van der Waals surface area contributed by atoms with E-state index in [-0.39, 0.29) is 23.8 Å². The molecular formula is C27H35N5O2. The number of piperazine rings is 1. The molecule has 2 amide bonds. The monoisotopic (exact) mass is 461 g/mol. The van der Waals surface area contributed by atoms with E-state index in [1.54, 1.807) is 6.20 Å². The molecule has 1 fully saturated rings. The zero-order chi connectivity index (χ0) is 24.2. The first-order chi connectivity index (χ1) is 16.3. The van der Waals surface area contributed by atoms with E-state index in [0.717, 1.165) is 29.6 Å². The van der Waals surface area contributed by atoms with E-state index in [0.29, 0.717) is 38.2 Å². The molecule has 0 spiro atoms. The van der Waals surface area contributed by atoms with Gasteiger partial charge in [0.05, 0.1) is 17.1 Å². The lowest BCUT2D eigenvalue weighted by atomic mass is 10.0. The number of benzene rings is 1. The number of amides is 2. The summed E-state index contributed by atoms with van der Waals surface area (Å²) < 4.78 is 1.88. The van der Waals surface area contributed by atoms with Crippen molar-refractivity contribution in [3.05, 3.63) is 59.4 Å². The van der Waals surface area contributed by atoms with Gasteiger partial charge in [-0.3, -0.25) is 9.59 Å². The van der Waals surface area contributed by atoms with Gasteiger partial charge in [0.15, 0.2) is 5.65 Å². The predicted octanol–water partition coefficient (Wildman–Crippen LogP) is 4.44. The van der Waals surface area contributed by atoms with Gasteiger partial charge in [0, 0.05) is 44.3 Å².